The maximum Gasteiger partial charge on any atom is 0.335 e. The van der Waals surface area contributed by atoms with E-state index in [-0.39, 0.29) is 17.7 Å². The van der Waals surface area contributed by atoms with E-state index < -0.39 is 11.9 Å². The Kier molecular flexibility index (Phi) is 12.4. The Morgan fingerprint density at radius 3 is 1.41 bits per heavy atom. The molecular weight excluding hydrogens is 356 g/mol. The number of rotatable bonds is 6. The molecule has 0 fully saturated rings. The molecule has 9 nitrogen and oxygen atoms in total. The monoisotopic (exact) mass is 380 g/mol. The van der Waals surface area contributed by atoms with Crippen molar-refractivity contribution in [2.24, 2.45) is 0 Å². The molecule has 9 heteroatoms. The van der Waals surface area contributed by atoms with Crippen molar-refractivity contribution in [1.82, 2.24) is 0 Å². The number of carbonyl (C=O) groups is 2. The summed E-state index contributed by atoms with van der Waals surface area (Å²) < 4.78 is 0. The molecule has 0 aliphatic heterocycles. The van der Waals surface area contributed by atoms with Crippen LogP contribution in [0, 0.1) is 0 Å². The van der Waals surface area contributed by atoms with Crippen LogP contribution in [0.5, 0.6) is 0 Å². The van der Waals surface area contributed by atoms with Crippen LogP contribution < -0.4 is 11.5 Å². The predicted molar refractivity (Wildman–Crippen MR) is 101 cm³/mol. The van der Waals surface area contributed by atoms with E-state index in [1.165, 1.54) is 24.3 Å². The lowest BCUT2D eigenvalue weighted by molar-refractivity contribution is -0.242. The summed E-state index contributed by atoms with van der Waals surface area (Å²) >= 11 is 0. The van der Waals surface area contributed by atoms with Gasteiger partial charge in [0.05, 0.1) is 17.7 Å². The van der Waals surface area contributed by atoms with Crippen LogP contribution >= 0.6 is 0 Å². The number of hydrogen-bond acceptors (Lipinski definition) is 7. The smallest absolute Gasteiger partial charge is 0.335 e. The highest BCUT2D eigenvalue weighted by Crippen LogP contribution is 2.05. The van der Waals surface area contributed by atoms with E-state index in [1.807, 2.05) is 0 Å². The number of aliphatic hydroxyl groups excluding tert-OH is 1. The van der Waals surface area contributed by atoms with Crippen LogP contribution in [-0.4, -0.2) is 45.7 Å². The van der Waals surface area contributed by atoms with Gasteiger partial charge in [-0.05, 0) is 61.4 Å². The molecule has 0 atom stereocenters. The number of nitrogen functional groups attached to an aromatic ring is 2. The van der Waals surface area contributed by atoms with Crippen molar-refractivity contribution >= 4 is 23.3 Å². The number of hydrogen-bond donors (Lipinski definition) is 6. The van der Waals surface area contributed by atoms with Crippen molar-refractivity contribution in [1.29, 1.82) is 0 Å². The molecular formula is C18H24N2O7. The minimum absolute atomic E-state index is 0.170. The van der Waals surface area contributed by atoms with Crippen molar-refractivity contribution in [3.63, 3.8) is 0 Å². The highest BCUT2D eigenvalue weighted by molar-refractivity contribution is 5.88. The number of aliphatic hydroxyl groups is 1. The van der Waals surface area contributed by atoms with Gasteiger partial charge >= 0.3 is 11.9 Å². The summed E-state index contributed by atoms with van der Waals surface area (Å²) in [6.07, 6.45) is 1.41. The Hall–Kier alpha value is -3.14. The van der Waals surface area contributed by atoms with Crippen LogP contribution in [0.15, 0.2) is 48.5 Å². The zero-order chi connectivity index (χ0) is 20.7. The predicted octanol–water partition coefficient (Wildman–Crippen LogP) is 2.18. The zero-order valence-corrected chi connectivity index (χ0v) is 14.6. The topological polar surface area (TPSA) is 176 Å². The molecule has 148 valence electrons. The molecule has 27 heavy (non-hydrogen) atoms. The molecule has 0 heterocycles. The molecule has 0 saturated carbocycles. The average molecular weight is 380 g/mol. The summed E-state index contributed by atoms with van der Waals surface area (Å²) in [5, 5.41) is 32.7. The molecule has 0 aromatic heterocycles. The van der Waals surface area contributed by atoms with Gasteiger partial charge in [-0.1, -0.05) is 0 Å². The van der Waals surface area contributed by atoms with Gasteiger partial charge < -0.3 is 26.8 Å². The molecule has 2 aromatic rings. The summed E-state index contributed by atoms with van der Waals surface area (Å²) in [5.74, 6) is -1.86. The van der Waals surface area contributed by atoms with E-state index in [2.05, 4.69) is 4.89 Å². The van der Waals surface area contributed by atoms with Crippen molar-refractivity contribution in [3.8, 4) is 0 Å². The first-order valence-electron chi connectivity index (χ1n) is 7.86. The Morgan fingerprint density at radius 1 is 0.778 bits per heavy atom. The fourth-order valence-electron chi connectivity index (χ4n) is 1.53. The second kappa shape index (κ2) is 14.1. The van der Waals surface area contributed by atoms with Gasteiger partial charge in [0, 0.05) is 18.0 Å². The van der Waals surface area contributed by atoms with Gasteiger partial charge in [-0.15, -0.1) is 0 Å². The molecule has 0 aliphatic carbocycles. The normalized spacial score (nSPS) is 9.26. The molecule has 0 radical (unpaired) electrons. The SMILES string of the molecule is Nc1ccc(C(=O)O)cc1.Nc1ccc(C(=O)O)cc1.OCCCCOO. The molecule has 2 aromatic carbocycles. The first-order chi connectivity index (χ1) is 12.8. The van der Waals surface area contributed by atoms with Gasteiger partial charge in [0.15, 0.2) is 0 Å². The molecule has 0 bridgehead atoms. The number of carboxylic acid groups (broad SMARTS) is 2. The van der Waals surface area contributed by atoms with Crippen LogP contribution in [0.2, 0.25) is 0 Å². The second-order valence-electron chi connectivity index (χ2n) is 5.12. The Bertz CT molecular complexity index is 614. The van der Waals surface area contributed by atoms with Crippen molar-refractivity contribution in [2.45, 2.75) is 12.8 Å². The summed E-state index contributed by atoms with van der Waals surface area (Å²) in [4.78, 5) is 24.3. The van der Waals surface area contributed by atoms with E-state index >= 15 is 0 Å². The van der Waals surface area contributed by atoms with Gasteiger partial charge in [0.2, 0.25) is 0 Å². The quantitative estimate of drug-likeness (QED) is 0.190. The van der Waals surface area contributed by atoms with Gasteiger partial charge in [-0.3, -0.25) is 5.26 Å². The third kappa shape index (κ3) is 11.9. The third-order valence-corrected chi connectivity index (χ3v) is 2.96. The minimum Gasteiger partial charge on any atom is -0.478 e. The van der Waals surface area contributed by atoms with Crippen LogP contribution in [0.25, 0.3) is 0 Å². The standard InChI is InChI=1S/2C7H7NO2.C4H10O3/c2*8-6-3-1-5(2-4-6)7(9)10;5-3-1-2-4-7-6/h2*1-4H,8H2,(H,9,10);5-6H,1-4H2. The van der Waals surface area contributed by atoms with E-state index in [1.54, 1.807) is 24.3 Å². The molecule has 0 amide bonds. The molecule has 0 aliphatic rings. The van der Waals surface area contributed by atoms with E-state index in [0.29, 0.717) is 30.8 Å². The van der Waals surface area contributed by atoms with Crippen LogP contribution in [-0.2, 0) is 4.89 Å². The molecule has 2 rings (SSSR count). The van der Waals surface area contributed by atoms with Crippen LogP contribution in [0.1, 0.15) is 33.6 Å². The first-order valence-corrected chi connectivity index (χ1v) is 7.86. The Labute approximate surface area is 156 Å². The highest BCUT2D eigenvalue weighted by atomic mass is 17.1. The number of benzene rings is 2. The van der Waals surface area contributed by atoms with Crippen molar-refractivity contribution in [3.05, 3.63) is 59.7 Å². The lowest BCUT2D eigenvalue weighted by Crippen LogP contribution is -1.95. The molecule has 0 saturated heterocycles. The molecule has 8 N–H and O–H groups in total. The Morgan fingerprint density at radius 2 is 1.15 bits per heavy atom. The fourth-order valence-corrected chi connectivity index (χ4v) is 1.53. The van der Waals surface area contributed by atoms with E-state index in [9.17, 15) is 9.59 Å². The third-order valence-electron chi connectivity index (χ3n) is 2.96. The van der Waals surface area contributed by atoms with E-state index in [4.69, 9.17) is 32.0 Å². The number of unbranched alkanes of at least 4 members (excludes halogenated alkanes) is 1. The van der Waals surface area contributed by atoms with Crippen LogP contribution in [0.3, 0.4) is 0 Å². The van der Waals surface area contributed by atoms with Crippen molar-refractivity contribution < 1.29 is 35.1 Å². The van der Waals surface area contributed by atoms with Gasteiger partial charge in [0.25, 0.3) is 0 Å². The number of anilines is 2. The lowest BCUT2D eigenvalue weighted by Gasteiger charge is -1.93. The summed E-state index contributed by atoms with van der Waals surface area (Å²) in [7, 11) is 0. The van der Waals surface area contributed by atoms with Gasteiger partial charge in [-0.25, -0.2) is 14.5 Å². The van der Waals surface area contributed by atoms with Crippen molar-refractivity contribution in [2.75, 3.05) is 24.7 Å². The summed E-state index contributed by atoms with van der Waals surface area (Å²) in [6, 6.07) is 12.1. The van der Waals surface area contributed by atoms with Crippen LogP contribution in [0.4, 0.5) is 11.4 Å². The molecule has 0 spiro atoms. The first kappa shape index (κ1) is 23.9. The highest BCUT2D eigenvalue weighted by Gasteiger charge is 1.99. The fraction of sp³-hybridized carbons (Fsp3) is 0.222. The largest absolute Gasteiger partial charge is 0.478 e. The van der Waals surface area contributed by atoms with Gasteiger partial charge in [-0.2, -0.15) is 0 Å². The maximum absolute atomic E-state index is 10.3. The molecule has 0 unspecified atom stereocenters. The number of carboxylic acids is 2. The summed E-state index contributed by atoms with van der Waals surface area (Å²) in [6.45, 7) is 0.490. The maximum atomic E-state index is 10.3. The number of nitrogens with two attached hydrogens (primary N) is 2. The zero-order valence-electron chi connectivity index (χ0n) is 14.6. The van der Waals surface area contributed by atoms with E-state index in [0.717, 1.165) is 0 Å². The van der Waals surface area contributed by atoms with Gasteiger partial charge in [0.1, 0.15) is 0 Å². The minimum atomic E-state index is -0.931. The Balaban J connectivity index is 0.000000384. The lowest BCUT2D eigenvalue weighted by atomic mass is 10.2. The second-order valence-corrected chi connectivity index (χ2v) is 5.12. The average Bonchev–Trinajstić information content (AvgIpc) is 2.64. The summed E-state index contributed by atoms with van der Waals surface area (Å²) in [5.41, 5.74) is 12.3. The number of aromatic carboxylic acids is 2.